The van der Waals surface area contributed by atoms with Gasteiger partial charge in [-0.25, -0.2) is 0 Å². The van der Waals surface area contributed by atoms with Gasteiger partial charge in [0.1, 0.15) is 11.8 Å². The Labute approximate surface area is 148 Å². The molecule has 2 heterocycles. The van der Waals surface area contributed by atoms with Crippen molar-refractivity contribution >= 4 is 11.9 Å². The number of hydrogen-bond acceptors (Lipinski definition) is 5. The lowest BCUT2D eigenvalue weighted by molar-refractivity contribution is -0.142. The van der Waals surface area contributed by atoms with Crippen LogP contribution in [0.1, 0.15) is 24.8 Å². The molecule has 0 unspecified atom stereocenters. The molecule has 0 bridgehead atoms. The highest BCUT2D eigenvalue weighted by Crippen LogP contribution is 2.17. The smallest absolute Gasteiger partial charge is 0.323 e. The number of methoxy groups -OCH3 is 1. The van der Waals surface area contributed by atoms with E-state index >= 15 is 0 Å². The highest BCUT2D eigenvalue weighted by Gasteiger charge is 2.33. The van der Waals surface area contributed by atoms with Crippen LogP contribution < -0.4 is 4.74 Å². The summed E-state index contributed by atoms with van der Waals surface area (Å²) in [5.41, 5.74) is 1.14. The average Bonchev–Trinajstić information content (AvgIpc) is 2.92. The van der Waals surface area contributed by atoms with Crippen LogP contribution in [0.2, 0.25) is 0 Å². The first-order valence-corrected chi connectivity index (χ1v) is 8.99. The van der Waals surface area contributed by atoms with E-state index in [0.29, 0.717) is 19.6 Å². The monoisotopic (exact) mass is 346 g/mol. The van der Waals surface area contributed by atoms with E-state index in [0.717, 1.165) is 50.2 Å². The zero-order valence-electron chi connectivity index (χ0n) is 14.8. The molecule has 1 amide bonds. The second kappa shape index (κ2) is 8.34. The molecule has 0 N–H and O–H groups in total. The van der Waals surface area contributed by atoms with Crippen LogP contribution in [-0.2, 0) is 20.7 Å². The molecule has 0 radical (unpaired) electrons. The lowest BCUT2D eigenvalue weighted by Crippen LogP contribution is -2.41. The standard InChI is InChI=1S/C19H26N2O4/c1-24-16-6-3-15(4-7-16)5-8-18(22)21-11-2-10-20(12-13-21)17-9-14-25-19(17)23/h3-4,6-7,17H,2,5,8-14H2,1H3/t17-/m1/s1. The van der Waals surface area contributed by atoms with Gasteiger partial charge >= 0.3 is 5.97 Å². The summed E-state index contributed by atoms with van der Waals surface area (Å²) in [4.78, 5) is 28.4. The van der Waals surface area contributed by atoms with Crippen LogP contribution in [0.5, 0.6) is 5.75 Å². The molecule has 25 heavy (non-hydrogen) atoms. The van der Waals surface area contributed by atoms with E-state index in [9.17, 15) is 9.59 Å². The average molecular weight is 346 g/mol. The molecule has 2 saturated heterocycles. The normalized spacial score (nSPS) is 21.7. The van der Waals surface area contributed by atoms with Crippen LogP contribution in [0.3, 0.4) is 0 Å². The minimum Gasteiger partial charge on any atom is -0.497 e. The zero-order valence-corrected chi connectivity index (χ0v) is 14.8. The summed E-state index contributed by atoms with van der Waals surface area (Å²) in [7, 11) is 1.65. The van der Waals surface area contributed by atoms with Gasteiger partial charge in [0, 0.05) is 39.0 Å². The maximum absolute atomic E-state index is 12.5. The topological polar surface area (TPSA) is 59.1 Å². The Bertz CT molecular complexity index is 602. The molecular formula is C19H26N2O4. The number of cyclic esters (lactones) is 1. The summed E-state index contributed by atoms with van der Waals surface area (Å²) in [5, 5.41) is 0. The molecule has 1 aromatic carbocycles. The van der Waals surface area contributed by atoms with Gasteiger partial charge in [-0.3, -0.25) is 14.5 Å². The van der Waals surface area contributed by atoms with Crippen LogP contribution in [0, 0.1) is 0 Å². The van der Waals surface area contributed by atoms with Crippen LogP contribution in [0.25, 0.3) is 0 Å². The maximum atomic E-state index is 12.5. The first kappa shape index (κ1) is 17.7. The summed E-state index contributed by atoms with van der Waals surface area (Å²) < 4.78 is 10.2. The lowest BCUT2D eigenvalue weighted by atomic mass is 10.1. The molecule has 0 saturated carbocycles. The first-order chi connectivity index (χ1) is 12.2. The first-order valence-electron chi connectivity index (χ1n) is 8.99. The van der Waals surface area contributed by atoms with Crippen molar-refractivity contribution in [1.29, 1.82) is 0 Å². The molecule has 136 valence electrons. The van der Waals surface area contributed by atoms with Crippen molar-refractivity contribution in [2.75, 3.05) is 39.9 Å². The van der Waals surface area contributed by atoms with E-state index < -0.39 is 0 Å². The van der Waals surface area contributed by atoms with Gasteiger partial charge in [0.15, 0.2) is 0 Å². The summed E-state index contributed by atoms with van der Waals surface area (Å²) in [6.45, 7) is 3.56. The predicted molar refractivity (Wildman–Crippen MR) is 93.4 cm³/mol. The fourth-order valence-corrected chi connectivity index (χ4v) is 3.52. The molecular weight excluding hydrogens is 320 g/mol. The minimum absolute atomic E-state index is 0.112. The second-order valence-corrected chi connectivity index (χ2v) is 6.59. The van der Waals surface area contributed by atoms with E-state index in [4.69, 9.17) is 9.47 Å². The largest absolute Gasteiger partial charge is 0.497 e. The Morgan fingerprint density at radius 2 is 2.00 bits per heavy atom. The number of benzene rings is 1. The number of carbonyl (C=O) groups excluding carboxylic acids is 2. The van der Waals surface area contributed by atoms with Crippen molar-refractivity contribution in [3.8, 4) is 5.75 Å². The molecule has 3 rings (SSSR count). The third-order valence-corrected chi connectivity index (χ3v) is 5.02. The number of hydrogen-bond donors (Lipinski definition) is 0. The van der Waals surface area contributed by atoms with Crippen molar-refractivity contribution in [2.24, 2.45) is 0 Å². The van der Waals surface area contributed by atoms with Gasteiger partial charge in [0.2, 0.25) is 5.91 Å². The third kappa shape index (κ3) is 4.51. The Balaban J connectivity index is 1.48. The number of amides is 1. The number of aryl methyl sites for hydroxylation is 1. The van der Waals surface area contributed by atoms with Crippen molar-refractivity contribution in [2.45, 2.75) is 31.7 Å². The molecule has 0 spiro atoms. The molecule has 6 nitrogen and oxygen atoms in total. The fourth-order valence-electron chi connectivity index (χ4n) is 3.52. The van der Waals surface area contributed by atoms with E-state index in [1.807, 2.05) is 29.2 Å². The van der Waals surface area contributed by atoms with Crippen molar-refractivity contribution in [3.63, 3.8) is 0 Å². The highest BCUT2D eigenvalue weighted by atomic mass is 16.5. The van der Waals surface area contributed by atoms with E-state index in [-0.39, 0.29) is 17.9 Å². The number of ether oxygens (including phenoxy) is 2. The van der Waals surface area contributed by atoms with E-state index in [1.54, 1.807) is 7.11 Å². The van der Waals surface area contributed by atoms with Gasteiger partial charge in [-0.15, -0.1) is 0 Å². The Morgan fingerprint density at radius 3 is 2.68 bits per heavy atom. The van der Waals surface area contributed by atoms with Crippen LogP contribution in [0.15, 0.2) is 24.3 Å². The van der Waals surface area contributed by atoms with Gasteiger partial charge in [-0.2, -0.15) is 0 Å². The number of nitrogens with zero attached hydrogens (tertiary/aromatic N) is 2. The number of esters is 1. The number of rotatable bonds is 5. The molecule has 2 aliphatic rings. The van der Waals surface area contributed by atoms with Crippen LogP contribution >= 0.6 is 0 Å². The summed E-state index contributed by atoms with van der Waals surface area (Å²) in [6, 6.07) is 7.73. The maximum Gasteiger partial charge on any atom is 0.323 e. The molecule has 1 atom stereocenters. The summed E-state index contributed by atoms with van der Waals surface area (Å²) in [6.07, 6.45) is 2.91. The predicted octanol–water partition coefficient (Wildman–Crippen LogP) is 1.48. The van der Waals surface area contributed by atoms with E-state index in [2.05, 4.69) is 4.90 Å². The quantitative estimate of drug-likeness (QED) is 0.756. The second-order valence-electron chi connectivity index (χ2n) is 6.59. The molecule has 0 aromatic heterocycles. The lowest BCUT2D eigenvalue weighted by Gasteiger charge is -2.24. The molecule has 1 aromatic rings. The van der Waals surface area contributed by atoms with Gasteiger partial charge < -0.3 is 14.4 Å². The van der Waals surface area contributed by atoms with Crippen molar-refractivity contribution in [1.82, 2.24) is 9.80 Å². The Morgan fingerprint density at radius 1 is 1.20 bits per heavy atom. The van der Waals surface area contributed by atoms with E-state index in [1.165, 1.54) is 0 Å². The van der Waals surface area contributed by atoms with Gasteiger partial charge in [0.05, 0.1) is 13.7 Å². The molecule has 0 aliphatic carbocycles. The SMILES string of the molecule is COc1ccc(CCC(=O)N2CCCN([C@@H]3CCOC3=O)CC2)cc1. The highest BCUT2D eigenvalue weighted by molar-refractivity contribution is 5.78. The zero-order chi connectivity index (χ0) is 17.6. The molecule has 2 fully saturated rings. The Hall–Kier alpha value is -2.08. The van der Waals surface area contributed by atoms with Gasteiger partial charge in [0.25, 0.3) is 0 Å². The Kier molecular flexibility index (Phi) is 5.91. The summed E-state index contributed by atoms with van der Waals surface area (Å²) in [5.74, 6) is 0.902. The minimum atomic E-state index is -0.116. The fraction of sp³-hybridized carbons (Fsp3) is 0.579. The molecule has 6 heteroatoms. The summed E-state index contributed by atoms with van der Waals surface area (Å²) >= 11 is 0. The van der Waals surface area contributed by atoms with Gasteiger partial charge in [-0.05, 0) is 30.5 Å². The van der Waals surface area contributed by atoms with Crippen LogP contribution in [0.4, 0.5) is 0 Å². The van der Waals surface area contributed by atoms with Gasteiger partial charge in [-0.1, -0.05) is 12.1 Å². The number of carbonyl (C=O) groups is 2. The van der Waals surface area contributed by atoms with Crippen molar-refractivity contribution in [3.05, 3.63) is 29.8 Å². The van der Waals surface area contributed by atoms with Crippen LogP contribution in [-0.4, -0.2) is 67.6 Å². The molecule has 2 aliphatic heterocycles. The van der Waals surface area contributed by atoms with Crippen molar-refractivity contribution < 1.29 is 19.1 Å². The third-order valence-electron chi connectivity index (χ3n) is 5.02.